The van der Waals surface area contributed by atoms with Gasteiger partial charge in [0.15, 0.2) is 0 Å². The monoisotopic (exact) mass is 388 g/mol. The predicted molar refractivity (Wildman–Crippen MR) is 106 cm³/mol. The lowest BCUT2D eigenvalue weighted by molar-refractivity contribution is 0.510. The Labute approximate surface area is 149 Å². The molecular weight excluding hydrogens is 364 g/mol. The summed E-state index contributed by atoms with van der Waals surface area (Å²) in [6, 6.07) is 19.0. The van der Waals surface area contributed by atoms with E-state index in [0.717, 1.165) is 22.2 Å². The highest BCUT2D eigenvalue weighted by Gasteiger charge is 2.20. The lowest BCUT2D eigenvalue weighted by atomic mass is 9.95. The van der Waals surface area contributed by atoms with Crippen molar-refractivity contribution in [2.24, 2.45) is 0 Å². The van der Waals surface area contributed by atoms with Gasteiger partial charge in [-0.25, -0.2) is 0 Å². The molecule has 0 unspecified atom stereocenters. The Morgan fingerprint density at radius 2 is 1.65 bits per heavy atom. The fourth-order valence-corrected chi connectivity index (χ4v) is 3.58. The standard InChI is InChI=1S/C20H25BrOSi/c1-5-16(17-9-7-6-8-10-17)15-20(22-23(2,3)4)18-11-13-19(21)14-12-18/h6-16H,5H2,1-4H3/b20-15-/t16-/m1/s1. The summed E-state index contributed by atoms with van der Waals surface area (Å²) in [5.41, 5.74) is 2.48. The normalized spacial score (nSPS) is 13.7. The molecule has 0 saturated heterocycles. The van der Waals surface area contributed by atoms with Gasteiger partial charge in [0.25, 0.3) is 0 Å². The quantitative estimate of drug-likeness (QED) is 0.388. The molecule has 2 rings (SSSR count). The first-order chi connectivity index (χ1) is 10.9. The lowest BCUT2D eigenvalue weighted by Crippen LogP contribution is -2.24. The van der Waals surface area contributed by atoms with E-state index < -0.39 is 8.32 Å². The minimum absolute atomic E-state index is 0.367. The van der Waals surface area contributed by atoms with Crippen molar-refractivity contribution in [3.63, 3.8) is 0 Å². The van der Waals surface area contributed by atoms with Crippen LogP contribution in [0.2, 0.25) is 19.6 Å². The fraction of sp³-hybridized carbons (Fsp3) is 0.300. The van der Waals surface area contributed by atoms with Crippen LogP contribution in [0, 0.1) is 0 Å². The number of hydrogen-bond acceptors (Lipinski definition) is 1. The zero-order valence-corrected chi connectivity index (χ0v) is 16.9. The molecule has 0 fully saturated rings. The highest BCUT2D eigenvalue weighted by Crippen LogP contribution is 2.29. The van der Waals surface area contributed by atoms with Crippen LogP contribution in [-0.2, 0) is 4.43 Å². The van der Waals surface area contributed by atoms with Gasteiger partial charge in [-0.15, -0.1) is 0 Å². The Morgan fingerprint density at radius 3 is 2.17 bits per heavy atom. The van der Waals surface area contributed by atoms with Gasteiger partial charge < -0.3 is 4.43 Å². The molecule has 2 aromatic carbocycles. The third-order valence-corrected chi connectivity index (χ3v) is 4.93. The van der Waals surface area contributed by atoms with Crippen molar-refractivity contribution in [2.75, 3.05) is 0 Å². The van der Waals surface area contributed by atoms with E-state index in [2.05, 4.69) is 103 Å². The maximum Gasteiger partial charge on any atom is 0.242 e. The lowest BCUT2D eigenvalue weighted by Gasteiger charge is -2.24. The Morgan fingerprint density at radius 1 is 1.04 bits per heavy atom. The molecule has 0 aliphatic rings. The third-order valence-electron chi connectivity index (χ3n) is 3.56. The molecule has 122 valence electrons. The van der Waals surface area contributed by atoms with Gasteiger partial charge in [-0.3, -0.25) is 0 Å². The average Bonchev–Trinajstić information content (AvgIpc) is 2.52. The maximum atomic E-state index is 6.40. The van der Waals surface area contributed by atoms with E-state index >= 15 is 0 Å². The van der Waals surface area contributed by atoms with Crippen LogP contribution in [0.1, 0.15) is 30.4 Å². The summed E-state index contributed by atoms with van der Waals surface area (Å²) < 4.78 is 7.49. The minimum atomic E-state index is -1.68. The molecule has 0 N–H and O–H groups in total. The molecule has 2 aromatic rings. The van der Waals surface area contributed by atoms with Crippen LogP contribution < -0.4 is 0 Å². The highest BCUT2D eigenvalue weighted by atomic mass is 79.9. The first-order valence-electron chi connectivity index (χ1n) is 8.11. The molecule has 3 heteroatoms. The van der Waals surface area contributed by atoms with Crippen LogP contribution in [0.4, 0.5) is 0 Å². The van der Waals surface area contributed by atoms with Gasteiger partial charge in [-0.2, -0.15) is 0 Å². The maximum absolute atomic E-state index is 6.40. The molecule has 0 aliphatic carbocycles. The van der Waals surface area contributed by atoms with Crippen LogP contribution in [-0.4, -0.2) is 8.32 Å². The van der Waals surface area contributed by atoms with E-state index in [1.807, 2.05) is 0 Å². The topological polar surface area (TPSA) is 9.23 Å². The molecular formula is C20H25BrOSi. The van der Waals surface area contributed by atoms with Crippen LogP contribution in [0.3, 0.4) is 0 Å². The second-order valence-electron chi connectivity index (χ2n) is 6.68. The van der Waals surface area contributed by atoms with Crippen molar-refractivity contribution in [1.82, 2.24) is 0 Å². The van der Waals surface area contributed by atoms with Gasteiger partial charge >= 0.3 is 0 Å². The van der Waals surface area contributed by atoms with Crippen LogP contribution in [0.5, 0.6) is 0 Å². The third kappa shape index (κ3) is 5.67. The Balaban J connectivity index is 2.40. The molecule has 0 aromatic heterocycles. The smallest absolute Gasteiger partial charge is 0.242 e. The Hall–Kier alpha value is -1.32. The van der Waals surface area contributed by atoms with Crippen LogP contribution >= 0.6 is 15.9 Å². The van der Waals surface area contributed by atoms with Gasteiger partial charge in [-0.1, -0.05) is 65.3 Å². The second-order valence-corrected chi connectivity index (χ2v) is 12.0. The predicted octanol–water partition coefficient (Wildman–Crippen LogP) is 6.84. The number of halogens is 1. The summed E-state index contributed by atoms with van der Waals surface area (Å²) in [6.07, 6.45) is 3.34. The van der Waals surface area contributed by atoms with E-state index in [9.17, 15) is 0 Å². The summed E-state index contributed by atoms with van der Waals surface area (Å²) in [6.45, 7) is 8.90. The molecule has 1 nitrogen and oxygen atoms in total. The molecule has 23 heavy (non-hydrogen) atoms. The summed E-state index contributed by atoms with van der Waals surface area (Å²) in [7, 11) is -1.68. The van der Waals surface area contributed by atoms with Crippen molar-refractivity contribution >= 4 is 30.0 Å². The average molecular weight is 389 g/mol. The van der Waals surface area contributed by atoms with Gasteiger partial charge in [0.1, 0.15) is 5.76 Å². The summed E-state index contributed by atoms with van der Waals surface area (Å²) in [5.74, 6) is 1.37. The van der Waals surface area contributed by atoms with Gasteiger partial charge in [0.2, 0.25) is 8.32 Å². The summed E-state index contributed by atoms with van der Waals surface area (Å²) >= 11 is 3.51. The van der Waals surface area contributed by atoms with Crippen LogP contribution in [0.15, 0.2) is 65.1 Å². The zero-order chi connectivity index (χ0) is 16.9. The number of benzene rings is 2. The Bertz CT molecular complexity index is 642. The summed E-state index contributed by atoms with van der Waals surface area (Å²) in [4.78, 5) is 0. The van der Waals surface area contributed by atoms with Crippen molar-refractivity contribution in [2.45, 2.75) is 38.9 Å². The van der Waals surface area contributed by atoms with Gasteiger partial charge in [0.05, 0.1) is 0 Å². The van der Waals surface area contributed by atoms with E-state index in [1.54, 1.807) is 0 Å². The molecule has 0 saturated carbocycles. The molecule has 0 bridgehead atoms. The van der Waals surface area contributed by atoms with Crippen molar-refractivity contribution in [3.05, 3.63) is 76.3 Å². The molecule has 0 amide bonds. The largest absolute Gasteiger partial charge is 0.544 e. The molecule has 0 radical (unpaired) electrons. The molecule has 1 atom stereocenters. The van der Waals surface area contributed by atoms with Gasteiger partial charge in [0, 0.05) is 16.0 Å². The summed E-state index contributed by atoms with van der Waals surface area (Å²) in [5, 5.41) is 0. The molecule has 0 heterocycles. The van der Waals surface area contributed by atoms with Crippen molar-refractivity contribution in [1.29, 1.82) is 0 Å². The number of allylic oxidation sites excluding steroid dienone is 1. The van der Waals surface area contributed by atoms with E-state index in [-0.39, 0.29) is 0 Å². The van der Waals surface area contributed by atoms with Crippen molar-refractivity contribution in [3.8, 4) is 0 Å². The molecule has 0 aliphatic heterocycles. The second kappa shape index (κ2) is 7.98. The number of hydrogen-bond donors (Lipinski definition) is 0. The first-order valence-corrected chi connectivity index (χ1v) is 12.3. The Kier molecular flexibility index (Phi) is 6.25. The number of rotatable bonds is 6. The zero-order valence-electron chi connectivity index (χ0n) is 14.3. The fourth-order valence-electron chi connectivity index (χ4n) is 2.47. The van der Waals surface area contributed by atoms with E-state index in [1.165, 1.54) is 5.56 Å². The minimum Gasteiger partial charge on any atom is -0.544 e. The van der Waals surface area contributed by atoms with Crippen LogP contribution in [0.25, 0.3) is 5.76 Å². The van der Waals surface area contributed by atoms with E-state index in [0.29, 0.717) is 5.92 Å². The van der Waals surface area contributed by atoms with Crippen molar-refractivity contribution < 1.29 is 4.43 Å². The van der Waals surface area contributed by atoms with E-state index in [4.69, 9.17) is 4.43 Å². The highest BCUT2D eigenvalue weighted by molar-refractivity contribution is 9.10. The SMILES string of the molecule is CC[C@H](/C=C(\O[Si](C)(C)C)c1ccc(Br)cc1)c1ccccc1. The molecule has 0 spiro atoms. The first kappa shape index (κ1) is 18.0. The van der Waals surface area contributed by atoms with Gasteiger partial charge in [-0.05, 0) is 49.8 Å².